The maximum atomic E-state index is 13.4. The molecule has 158 valence electrons. The van der Waals surface area contributed by atoms with E-state index in [1.54, 1.807) is 4.68 Å². The van der Waals surface area contributed by atoms with E-state index in [2.05, 4.69) is 86.5 Å². The zero-order valence-corrected chi connectivity index (χ0v) is 19.1. The molecule has 4 rings (SSSR count). The van der Waals surface area contributed by atoms with Crippen LogP contribution < -0.4 is 10.4 Å². The first-order valence-corrected chi connectivity index (χ1v) is 12.8. The number of rotatable bonds is 5. The number of halogens is 1. The molecule has 0 spiro atoms. The summed E-state index contributed by atoms with van der Waals surface area (Å²) in [7, 11) is -2.52. The van der Waals surface area contributed by atoms with Gasteiger partial charge in [-0.3, -0.25) is 4.68 Å². The van der Waals surface area contributed by atoms with Crippen molar-refractivity contribution in [2.24, 2.45) is 0 Å². The van der Waals surface area contributed by atoms with Gasteiger partial charge in [-0.15, -0.1) is 0 Å². The van der Waals surface area contributed by atoms with Crippen LogP contribution in [0.1, 0.15) is 52.5 Å². The number of aromatic nitrogens is 2. The summed E-state index contributed by atoms with van der Waals surface area (Å²) in [4.78, 5) is 0. The molecule has 0 aliphatic heterocycles. The number of benzene rings is 2. The Kier molecular flexibility index (Phi) is 5.94. The predicted molar refractivity (Wildman–Crippen MR) is 122 cm³/mol. The van der Waals surface area contributed by atoms with E-state index in [1.807, 2.05) is 0 Å². The third-order valence-corrected chi connectivity index (χ3v) is 11.4. The smallest absolute Gasteiger partial charge is 0.261 e. The van der Waals surface area contributed by atoms with Gasteiger partial charge in [-0.05, 0) is 41.1 Å². The fraction of sp³-hybridized carbons (Fsp3) is 0.400. The monoisotopic (exact) mass is 422 g/mol. The van der Waals surface area contributed by atoms with Gasteiger partial charge in [0.2, 0.25) is 0 Å². The molecule has 30 heavy (non-hydrogen) atoms. The lowest BCUT2D eigenvalue weighted by Crippen LogP contribution is -2.67. The molecule has 0 N–H and O–H groups in total. The van der Waals surface area contributed by atoms with Crippen LogP contribution in [0.4, 0.5) is 4.39 Å². The molecule has 1 aliphatic rings. The molecule has 0 radical (unpaired) electrons. The normalized spacial score (nSPS) is 20.3. The topological polar surface area (TPSA) is 27.1 Å². The van der Waals surface area contributed by atoms with Crippen molar-refractivity contribution in [3.05, 3.63) is 78.9 Å². The van der Waals surface area contributed by atoms with Gasteiger partial charge in [0.05, 0.1) is 18.4 Å². The maximum absolute atomic E-state index is 13.4. The highest BCUT2D eigenvalue weighted by atomic mass is 28.4. The summed E-state index contributed by atoms with van der Waals surface area (Å²) in [6.45, 7) is 6.95. The highest BCUT2D eigenvalue weighted by Gasteiger charge is 2.51. The van der Waals surface area contributed by atoms with Crippen molar-refractivity contribution < 1.29 is 8.82 Å². The van der Waals surface area contributed by atoms with Gasteiger partial charge >= 0.3 is 0 Å². The fourth-order valence-electron chi connectivity index (χ4n) is 4.88. The first kappa shape index (κ1) is 21.0. The van der Waals surface area contributed by atoms with Crippen molar-refractivity contribution >= 4 is 18.7 Å². The molecule has 2 aromatic carbocycles. The second-order valence-electron chi connectivity index (χ2n) is 9.35. The van der Waals surface area contributed by atoms with Gasteiger partial charge < -0.3 is 4.43 Å². The quantitative estimate of drug-likeness (QED) is 0.536. The summed E-state index contributed by atoms with van der Waals surface area (Å²) in [5, 5.41) is 6.81. The van der Waals surface area contributed by atoms with E-state index in [4.69, 9.17) is 4.43 Å². The molecular formula is C25H31FN2OSi. The van der Waals surface area contributed by atoms with E-state index in [1.165, 1.54) is 22.8 Å². The molecule has 0 bridgehead atoms. The number of hydrogen-bond acceptors (Lipinski definition) is 2. The van der Waals surface area contributed by atoms with Gasteiger partial charge in [0.25, 0.3) is 8.32 Å². The van der Waals surface area contributed by atoms with Crippen molar-refractivity contribution in [2.45, 2.75) is 63.6 Å². The standard InChI is InChI=1S/C25H31FN2OSi/c1-25(2,3)30(23-10-6-4-7-11-23,24-12-8-5-9-13-24)29-22-16-14-21(15-17-22)28-19-20(26)18-27-28/h4-13,18-19,21-22H,14-17H2,1-3H3/t21-,22+. The minimum atomic E-state index is -2.52. The minimum absolute atomic E-state index is 0.0162. The van der Waals surface area contributed by atoms with Crippen molar-refractivity contribution in [3.63, 3.8) is 0 Å². The molecule has 3 nitrogen and oxygen atoms in total. The first-order valence-electron chi connectivity index (χ1n) is 10.9. The van der Waals surface area contributed by atoms with Crippen LogP contribution in [0.15, 0.2) is 73.1 Å². The molecular weight excluding hydrogens is 391 g/mol. The largest absolute Gasteiger partial charge is 0.404 e. The predicted octanol–water partition coefficient (Wildman–Crippen LogP) is 5.08. The minimum Gasteiger partial charge on any atom is -0.404 e. The highest BCUT2D eigenvalue weighted by molar-refractivity contribution is 6.99. The molecule has 1 aromatic heterocycles. The lowest BCUT2D eigenvalue weighted by Gasteiger charge is -2.46. The molecule has 0 amide bonds. The molecule has 0 unspecified atom stereocenters. The summed E-state index contributed by atoms with van der Waals surface area (Å²) in [6, 6.07) is 21.9. The Morgan fingerprint density at radius 2 is 1.43 bits per heavy atom. The van der Waals surface area contributed by atoms with Gasteiger partial charge in [0.15, 0.2) is 5.82 Å². The van der Waals surface area contributed by atoms with Crippen molar-refractivity contribution in [1.82, 2.24) is 9.78 Å². The van der Waals surface area contributed by atoms with E-state index in [0.29, 0.717) is 0 Å². The van der Waals surface area contributed by atoms with Gasteiger partial charge in [-0.2, -0.15) is 5.10 Å². The Hall–Kier alpha value is -2.24. The van der Waals surface area contributed by atoms with Crippen molar-refractivity contribution in [1.29, 1.82) is 0 Å². The molecule has 1 saturated carbocycles. The summed E-state index contributed by atoms with van der Waals surface area (Å²) in [6.07, 6.45) is 6.87. The Morgan fingerprint density at radius 3 is 1.87 bits per heavy atom. The number of hydrogen-bond donors (Lipinski definition) is 0. The van der Waals surface area contributed by atoms with E-state index in [9.17, 15) is 4.39 Å². The molecule has 0 atom stereocenters. The molecule has 1 heterocycles. The van der Waals surface area contributed by atoms with Crippen LogP contribution in [0, 0.1) is 5.82 Å². The maximum Gasteiger partial charge on any atom is 0.261 e. The van der Waals surface area contributed by atoms with E-state index >= 15 is 0 Å². The van der Waals surface area contributed by atoms with Crippen molar-refractivity contribution in [3.8, 4) is 0 Å². The van der Waals surface area contributed by atoms with Crippen LogP contribution in [0.3, 0.4) is 0 Å². The van der Waals surface area contributed by atoms with Gasteiger partial charge in [-0.1, -0.05) is 81.4 Å². The fourth-order valence-corrected chi connectivity index (χ4v) is 9.63. The van der Waals surface area contributed by atoms with Gasteiger partial charge in [0.1, 0.15) is 0 Å². The van der Waals surface area contributed by atoms with Crippen LogP contribution in [0.25, 0.3) is 0 Å². The van der Waals surface area contributed by atoms with Crippen LogP contribution in [-0.2, 0) is 4.43 Å². The van der Waals surface area contributed by atoms with Crippen LogP contribution in [0.5, 0.6) is 0 Å². The van der Waals surface area contributed by atoms with E-state index in [0.717, 1.165) is 25.7 Å². The second kappa shape index (κ2) is 8.48. The highest BCUT2D eigenvalue weighted by Crippen LogP contribution is 2.40. The molecule has 5 heteroatoms. The molecule has 1 aliphatic carbocycles. The van der Waals surface area contributed by atoms with Gasteiger partial charge in [0, 0.05) is 6.10 Å². The Balaban J connectivity index is 1.64. The average Bonchev–Trinajstić information content (AvgIpc) is 3.19. The third-order valence-electron chi connectivity index (χ3n) is 6.35. The van der Waals surface area contributed by atoms with E-state index in [-0.39, 0.29) is 23.0 Å². The van der Waals surface area contributed by atoms with Crippen LogP contribution >= 0.6 is 0 Å². The Bertz CT molecular complexity index is 905. The average molecular weight is 423 g/mol. The first-order chi connectivity index (χ1) is 14.4. The summed E-state index contributed by atoms with van der Waals surface area (Å²) >= 11 is 0. The lowest BCUT2D eigenvalue weighted by molar-refractivity contribution is 0.120. The number of nitrogens with zero attached hydrogens (tertiary/aromatic N) is 2. The Morgan fingerprint density at radius 1 is 0.900 bits per heavy atom. The summed E-state index contributed by atoms with van der Waals surface area (Å²) in [5.41, 5.74) is 0. The molecule has 3 aromatic rings. The van der Waals surface area contributed by atoms with Crippen LogP contribution in [-0.4, -0.2) is 24.2 Å². The lowest BCUT2D eigenvalue weighted by atomic mass is 9.93. The molecule has 0 saturated heterocycles. The van der Waals surface area contributed by atoms with E-state index < -0.39 is 8.32 Å². The Labute approximate surface area is 180 Å². The zero-order chi connectivity index (χ0) is 21.2. The van der Waals surface area contributed by atoms with Crippen LogP contribution in [0.2, 0.25) is 5.04 Å². The van der Waals surface area contributed by atoms with Gasteiger partial charge in [-0.25, -0.2) is 4.39 Å². The summed E-state index contributed by atoms with van der Waals surface area (Å²) in [5.74, 6) is -0.263. The third kappa shape index (κ3) is 4.01. The van der Waals surface area contributed by atoms with Crippen molar-refractivity contribution in [2.75, 3.05) is 0 Å². The molecule has 1 fully saturated rings. The summed E-state index contributed by atoms with van der Waals surface area (Å²) < 4.78 is 22.4. The second-order valence-corrected chi connectivity index (χ2v) is 13.6. The SMILES string of the molecule is CC(C)(C)[Si](O[C@H]1CC[C@@H](n2cc(F)cn2)CC1)(c1ccccc1)c1ccccc1. The zero-order valence-electron chi connectivity index (χ0n) is 18.1.